The maximum atomic E-state index is 5.14. The van der Waals surface area contributed by atoms with E-state index in [1.807, 2.05) is 13.0 Å². The number of nitrogens with zero attached hydrogens (tertiary/aromatic N) is 5. The lowest BCUT2D eigenvalue weighted by Gasteiger charge is -2.32. The van der Waals surface area contributed by atoms with Crippen LogP contribution in [0.2, 0.25) is 0 Å². The van der Waals surface area contributed by atoms with Crippen LogP contribution >= 0.6 is 0 Å². The lowest BCUT2D eigenvalue weighted by molar-refractivity contribution is 0.177. The second kappa shape index (κ2) is 6.17. The van der Waals surface area contributed by atoms with Gasteiger partial charge in [0.25, 0.3) is 0 Å². The van der Waals surface area contributed by atoms with Crippen LogP contribution in [0.5, 0.6) is 0 Å². The molecule has 3 rings (SSSR count). The maximum absolute atomic E-state index is 5.14. The van der Waals surface area contributed by atoms with Crippen molar-refractivity contribution in [2.45, 2.75) is 32.3 Å². The first-order valence-corrected chi connectivity index (χ1v) is 7.20. The summed E-state index contributed by atoms with van der Waals surface area (Å²) < 4.78 is 5.14. The lowest BCUT2D eigenvalue weighted by Crippen LogP contribution is -2.35. The zero-order valence-electron chi connectivity index (χ0n) is 12.4. The number of H-pyrrole nitrogens is 1. The second-order valence-electron chi connectivity index (χ2n) is 5.37. The first kappa shape index (κ1) is 13.9. The number of aromatic nitrogens is 5. The summed E-state index contributed by atoms with van der Waals surface area (Å²) in [6.07, 6.45) is 3.81. The minimum Gasteiger partial charge on any atom is -0.377 e. The highest BCUT2D eigenvalue weighted by Gasteiger charge is 2.24. The fraction of sp³-hybridized carbons (Fsp3) is 0.571. The highest BCUT2D eigenvalue weighted by Crippen LogP contribution is 2.27. The van der Waals surface area contributed by atoms with Gasteiger partial charge in [-0.2, -0.15) is 5.10 Å². The predicted molar refractivity (Wildman–Crippen MR) is 78.1 cm³/mol. The van der Waals surface area contributed by atoms with Crippen molar-refractivity contribution in [1.29, 1.82) is 0 Å². The summed E-state index contributed by atoms with van der Waals surface area (Å²) in [4.78, 5) is 15.6. The number of methoxy groups -OCH3 is 1. The molecule has 2 aromatic rings. The zero-order chi connectivity index (χ0) is 14.7. The first-order valence-electron chi connectivity index (χ1n) is 7.20. The molecule has 0 amide bonds. The third-order valence-corrected chi connectivity index (χ3v) is 3.73. The van der Waals surface area contributed by atoms with Gasteiger partial charge in [0.2, 0.25) is 0 Å². The molecule has 0 bridgehead atoms. The number of ether oxygens (including phenoxy) is 1. The van der Waals surface area contributed by atoms with Crippen molar-refractivity contribution in [3.8, 4) is 0 Å². The molecule has 0 spiro atoms. The van der Waals surface area contributed by atoms with E-state index in [0.717, 1.165) is 49.1 Å². The fourth-order valence-electron chi connectivity index (χ4n) is 2.79. The molecular formula is C14H20N6O. The molecule has 1 saturated heterocycles. The second-order valence-corrected chi connectivity index (χ2v) is 5.37. The summed E-state index contributed by atoms with van der Waals surface area (Å²) >= 11 is 0. The van der Waals surface area contributed by atoms with Crippen molar-refractivity contribution in [2.24, 2.45) is 0 Å². The van der Waals surface area contributed by atoms with Gasteiger partial charge >= 0.3 is 0 Å². The molecule has 112 valence electrons. The van der Waals surface area contributed by atoms with E-state index >= 15 is 0 Å². The zero-order valence-corrected chi connectivity index (χ0v) is 12.4. The summed E-state index contributed by atoms with van der Waals surface area (Å²) in [5.41, 5.74) is 0.967. The van der Waals surface area contributed by atoms with E-state index in [0.29, 0.717) is 12.5 Å². The Labute approximate surface area is 123 Å². The van der Waals surface area contributed by atoms with E-state index in [2.05, 4.69) is 30.0 Å². The quantitative estimate of drug-likeness (QED) is 0.917. The molecule has 0 aromatic carbocycles. The average Bonchev–Trinajstić information content (AvgIpc) is 3.01. The number of hydrogen-bond donors (Lipinski definition) is 1. The Morgan fingerprint density at radius 2 is 2.33 bits per heavy atom. The molecule has 0 saturated carbocycles. The minimum atomic E-state index is 0.377. The van der Waals surface area contributed by atoms with Gasteiger partial charge < -0.3 is 9.64 Å². The third kappa shape index (κ3) is 3.18. The summed E-state index contributed by atoms with van der Waals surface area (Å²) in [6.45, 7) is 4.34. The third-order valence-electron chi connectivity index (χ3n) is 3.73. The molecular weight excluding hydrogens is 268 g/mol. The molecule has 7 heteroatoms. The highest BCUT2D eigenvalue weighted by atomic mass is 16.5. The van der Waals surface area contributed by atoms with Crippen LogP contribution < -0.4 is 4.90 Å². The van der Waals surface area contributed by atoms with Crippen LogP contribution in [-0.2, 0) is 11.3 Å². The van der Waals surface area contributed by atoms with Gasteiger partial charge in [-0.1, -0.05) is 0 Å². The van der Waals surface area contributed by atoms with Gasteiger partial charge in [0.15, 0.2) is 5.82 Å². The molecule has 1 N–H and O–H groups in total. The van der Waals surface area contributed by atoms with Gasteiger partial charge in [-0.3, -0.25) is 5.10 Å². The Kier molecular flexibility index (Phi) is 4.10. The standard InChI is InChI=1S/C14H20N6O/c1-10-6-13(18-12(17-10)8-21-2)20-5-3-4-11(7-20)14-15-9-16-19-14/h6,9,11H,3-5,7-8H2,1-2H3,(H,15,16,19). The smallest absolute Gasteiger partial charge is 0.156 e. The maximum Gasteiger partial charge on any atom is 0.156 e. The monoisotopic (exact) mass is 288 g/mol. The number of aromatic amines is 1. The molecule has 1 fully saturated rings. The van der Waals surface area contributed by atoms with E-state index in [1.165, 1.54) is 0 Å². The van der Waals surface area contributed by atoms with Crippen LogP contribution in [0.15, 0.2) is 12.4 Å². The van der Waals surface area contributed by atoms with Gasteiger partial charge in [-0.25, -0.2) is 15.0 Å². The van der Waals surface area contributed by atoms with E-state index < -0.39 is 0 Å². The highest BCUT2D eigenvalue weighted by molar-refractivity contribution is 5.41. The van der Waals surface area contributed by atoms with Crippen LogP contribution in [0.4, 0.5) is 5.82 Å². The Morgan fingerprint density at radius 1 is 1.43 bits per heavy atom. The topological polar surface area (TPSA) is 79.8 Å². The number of aryl methyl sites for hydroxylation is 1. The van der Waals surface area contributed by atoms with Crippen molar-refractivity contribution >= 4 is 5.82 Å². The van der Waals surface area contributed by atoms with E-state index in [9.17, 15) is 0 Å². The Hall–Kier alpha value is -2.02. The average molecular weight is 288 g/mol. The van der Waals surface area contributed by atoms with Gasteiger partial charge in [0.1, 0.15) is 24.6 Å². The van der Waals surface area contributed by atoms with Crippen molar-refractivity contribution in [2.75, 3.05) is 25.1 Å². The number of anilines is 1. The molecule has 3 heterocycles. The predicted octanol–water partition coefficient (Wildman–Crippen LogP) is 1.43. The SMILES string of the molecule is COCc1nc(C)cc(N2CCCC(c3ncn[nH]3)C2)n1. The molecule has 1 aliphatic rings. The van der Waals surface area contributed by atoms with Gasteiger partial charge in [0, 0.05) is 37.9 Å². The van der Waals surface area contributed by atoms with Crippen LogP contribution in [-0.4, -0.2) is 45.3 Å². The molecule has 0 radical (unpaired) electrons. The van der Waals surface area contributed by atoms with Gasteiger partial charge in [0.05, 0.1) is 0 Å². The molecule has 0 aliphatic carbocycles. The Bertz CT molecular complexity index is 585. The largest absolute Gasteiger partial charge is 0.377 e. The fourth-order valence-corrected chi connectivity index (χ4v) is 2.79. The molecule has 1 atom stereocenters. The summed E-state index contributed by atoms with van der Waals surface area (Å²) in [7, 11) is 1.66. The lowest BCUT2D eigenvalue weighted by atomic mass is 9.97. The number of hydrogen-bond acceptors (Lipinski definition) is 6. The van der Waals surface area contributed by atoms with Crippen molar-refractivity contribution in [1.82, 2.24) is 25.1 Å². The molecule has 1 aliphatic heterocycles. The molecule has 21 heavy (non-hydrogen) atoms. The number of piperidine rings is 1. The first-order chi connectivity index (χ1) is 10.3. The van der Waals surface area contributed by atoms with E-state index in [4.69, 9.17) is 4.74 Å². The molecule has 2 aromatic heterocycles. The van der Waals surface area contributed by atoms with E-state index in [-0.39, 0.29) is 0 Å². The van der Waals surface area contributed by atoms with Crippen LogP contribution in [0, 0.1) is 6.92 Å². The summed E-state index contributed by atoms with van der Waals surface area (Å²) in [5, 5.41) is 6.93. The van der Waals surface area contributed by atoms with Crippen LogP contribution in [0.25, 0.3) is 0 Å². The summed E-state index contributed by atoms with van der Waals surface area (Å²) in [6, 6.07) is 2.03. The van der Waals surface area contributed by atoms with Gasteiger partial charge in [-0.05, 0) is 19.8 Å². The van der Waals surface area contributed by atoms with Crippen molar-refractivity contribution in [3.63, 3.8) is 0 Å². The minimum absolute atomic E-state index is 0.377. The molecule has 7 nitrogen and oxygen atoms in total. The Balaban J connectivity index is 1.79. The van der Waals surface area contributed by atoms with Crippen molar-refractivity contribution < 1.29 is 4.74 Å². The van der Waals surface area contributed by atoms with E-state index in [1.54, 1.807) is 13.4 Å². The van der Waals surface area contributed by atoms with Crippen LogP contribution in [0.3, 0.4) is 0 Å². The van der Waals surface area contributed by atoms with Crippen LogP contribution in [0.1, 0.15) is 36.1 Å². The normalized spacial score (nSPS) is 19.0. The molecule has 1 unspecified atom stereocenters. The van der Waals surface area contributed by atoms with Crippen molar-refractivity contribution in [3.05, 3.63) is 29.7 Å². The number of nitrogens with one attached hydrogen (secondary N) is 1. The number of rotatable bonds is 4. The Morgan fingerprint density at radius 3 is 3.10 bits per heavy atom. The van der Waals surface area contributed by atoms with Gasteiger partial charge in [-0.15, -0.1) is 0 Å². The summed E-state index contributed by atoms with van der Waals surface area (Å²) in [5.74, 6) is 3.04.